The van der Waals surface area contributed by atoms with Gasteiger partial charge in [0.05, 0.1) is 11.8 Å². The number of pyridine rings is 1. The van der Waals surface area contributed by atoms with Crippen LogP contribution in [0.2, 0.25) is 0 Å². The van der Waals surface area contributed by atoms with E-state index in [0.717, 1.165) is 10.6 Å². The summed E-state index contributed by atoms with van der Waals surface area (Å²) in [6, 6.07) is 1.83. The number of carbonyl (C=O) groups is 1. The third kappa shape index (κ3) is 4.07. The zero-order chi connectivity index (χ0) is 12.7. The fraction of sp³-hybridized carbons (Fsp3) is 0.143. The number of aliphatic carboxylic acids is 1. The first-order valence-corrected chi connectivity index (χ1v) is 5.30. The standard InChI is InChI=1S/C14H15NO2/c1-3-5-7-12-8-11(9-14(16)17)10-15-13(12)6-4-2/h3-8,10H,2,9H2,1H3,(H,16,17)/b5-3-,12-7-,13-6+. The summed E-state index contributed by atoms with van der Waals surface area (Å²) in [4.78, 5) is 14.8. The number of nitrogens with zero attached hydrogens (tertiary/aromatic N) is 1. The van der Waals surface area contributed by atoms with E-state index in [4.69, 9.17) is 5.11 Å². The van der Waals surface area contributed by atoms with Crippen molar-refractivity contribution in [3.63, 3.8) is 0 Å². The Balaban J connectivity index is 3.34. The zero-order valence-corrected chi connectivity index (χ0v) is 9.76. The molecule has 0 aliphatic rings. The van der Waals surface area contributed by atoms with Crippen molar-refractivity contribution in [2.75, 3.05) is 0 Å². The Kier molecular flexibility index (Phi) is 4.88. The van der Waals surface area contributed by atoms with Crippen LogP contribution in [0.25, 0.3) is 12.2 Å². The molecule has 0 fully saturated rings. The molecule has 0 aliphatic heterocycles. The molecule has 3 nitrogen and oxygen atoms in total. The molecule has 1 aromatic heterocycles. The Bertz CT molecular complexity index is 556. The summed E-state index contributed by atoms with van der Waals surface area (Å²) in [5.41, 5.74) is 0.689. The van der Waals surface area contributed by atoms with Crippen LogP contribution in [0, 0.1) is 0 Å². The number of rotatable bonds is 4. The molecule has 1 N–H and O–H groups in total. The van der Waals surface area contributed by atoms with Crippen molar-refractivity contribution in [3.8, 4) is 0 Å². The minimum absolute atomic E-state index is 0.0158. The van der Waals surface area contributed by atoms with E-state index in [1.165, 1.54) is 0 Å². The van der Waals surface area contributed by atoms with Crippen molar-refractivity contribution in [2.45, 2.75) is 13.3 Å². The van der Waals surface area contributed by atoms with Gasteiger partial charge in [-0.15, -0.1) is 0 Å². The molecular formula is C14H15NO2. The van der Waals surface area contributed by atoms with Crippen LogP contribution in [0.1, 0.15) is 12.5 Å². The van der Waals surface area contributed by atoms with E-state index >= 15 is 0 Å². The summed E-state index contributed by atoms with van der Waals surface area (Å²) in [6.45, 7) is 5.55. The Morgan fingerprint density at radius 1 is 1.53 bits per heavy atom. The molecule has 0 saturated heterocycles. The Labute approximate surface area is 100 Å². The van der Waals surface area contributed by atoms with Gasteiger partial charge in [-0.3, -0.25) is 9.78 Å². The molecule has 0 spiro atoms. The molecule has 0 saturated carbocycles. The molecule has 0 amide bonds. The number of allylic oxidation sites excluding steroid dienone is 3. The summed E-state index contributed by atoms with van der Waals surface area (Å²) in [5, 5.41) is 10.4. The lowest BCUT2D eigenvalue weighted by atomic mass is 10.1. The molecule has 17 heavy (non-hydrogen) atoms. The average Bonchev–Trinajstić information content (AvgIpc) is 2.28. The first-order valence-electron chi connectivity index (χ1n) is 5.30. The quantitative estimate of drug-likeness (QED) is 0.839. The third-order valence-corrected chi connectivity index (χ3v) is 2.11. The minimum Gasteiger partial charge on any atom is -0.481 e. The molecule has 0 bridgehead atoms. The van der Waals surface area contributed by atoms with Crippen LogP contribution in [0.3, 0.4) is 0 Å². The fourth-order valence-corrected chi connectivity index (χ4v) is 1.39. The van der Waals surface area contributed by atoms with Gasteiger partial charge in [0.2, 0.25) is 0 Å². The number of carboxylic acids is 1. The topological polar surface area (TPSA) is 50.2 Å². The maximum Gasteiger partial charge on any atom is 0.307 e. The first-order chi connectivity index (χ1) is 8.17. The summed E-state index contributed by atoms with van der Waals surface area (Å²) in [6.07, 6.45) is 10.7. The van der Waals surface area contributed by atoms with Crippen molar-refractivity contribution in [3.05, 3.63) is 53.2 Å². The van der Waals surface area contributed by atoms with Crippen molar-refractivity contribution in [2.24, 2.45) is 0 Å². The first kappa shape index (κ1) is 12.9. The number of hydrogen-bond acceptors (Lipinski definition) is 2. The molecule has 0 unspecified atom stereocenters. The molecule has 3 heteroatoms. The van der Waals surface area contributed by atoms with Gasteiger partial charge in [-0.2, -0.15) is 0 Å². The smallest absolute Gasteiger partial charge is 0.307 e. The second-order valence-corrected chi connectivity index (χ2v) is 3.48. The largest absolute Gasteiger partial charge is 0.481 e. The molecular weight excluding hydrogens is 214 g/mol. The summed E-state index contributed by atoms with van der Waals surface area (Å²) < 4.78 is 0. The molecule has 0 aliphatic carbocycles. The number of hydrogen-bond donors (Lipinski definition) is 1. The van der Waals surface area contributed by atoms with Gasteiger partial charge in [-0.05, 0) is 24.6 Å². The normalized spacial score (nSPS) is 13.2. The average molecular weight is 229 g/mol. The van der Waals surface area contributed by atoms with E-state index in [1.807, 2.05) is 31.2 Å². The molecule has 1 rings (SSSR count). The van der Waals surface area contributed by atoms with Crippen molar-refractivity contribution in [1.29, 1.82) is 0 Å². The Morgan fingerprint density at radius 2 is 2.29 bits per heavy atom. The predicted molar refractivity (Wildman–Crippen MR) is 68.8 cm³/mol. The lowest BCUT2D eigenvalue weighted by molar-refractivity contribution is -0.136. The van der Waals surface area contributed by atoms with E-state index in [2.05, 4.69) is 11.6 Å². The molecule has 1 aromatic rings. The van der Waals surface area contributed by atoms with Gasteiger partial charge >= 0.3 is 5.97 Å². The highest BCUT2D eigenvalue weighted by Gasteiger charge is 2.00. The second kappa shape index (κ2) is 6.43. The Morgan fingerprint density at radius 3 is 2.88 bits per heavy atom. The lowest BCUT2D eigenvalue weighted by Crippen LogP contribution is -2.28. The monoisotopic (exact) mass is 229 g/mol. The van der Waals surface area contributed by atoms with Gasteiger partial charge in [-0.25, -0.2) is 0 Å². The van der Waals surface area contributed by atoms with Crippen LogP contribution >= 0.6 is 0 Å². The Hall–Kier alpha value is -2.16. The lowest BCUT2D eigenvalue weighted by Gasteiger charge is -1.96. The molecule has 0 atom stereocenters. The van der Waals surface area contributed by atoms with Gasteiger partial charge in [0, 0.05) is 11.4 Å². The summed E-state index contributed by atoms with van der Waals surface area (Å²) in [7, 11) is 0. The van der Waals surface area contributed by atoms with E-state index < -0.39 is 5.97 Å². The molecule has 88 valence electrons. The van der Waals surface area contributed by atoms with Crippen LogP contribution in [-0.4, -0.2) is 16.1 Å². The highest BCUT2D eigenvalue weighted by atomic mass is 16.4. The molecule has 1 heterocycles. The summed E-state index contributed by atoms with van der Waals surface area (Å²) >= 11 is 0. The van der Waals surface area contributed by atoms with Gasteiger partial charge < -0.3 is 5.11 Å². The molecule has 0 radical (unpaired) electrons. The minimum atomic E-state index is -0.857. The van der Waals surface area contributed by atoms with Crippen molar-refractivity contribution in [1.82, 2.24) is 4.98 Å². The van der Waals surface area contributed by atoms with Gasteiger partial charge in [-0.1, -0.05) is 30.9 Å². The SMILES string of the molecule is C=C/C=c1/ncc(CC(=O)O)c/c1=C/C=C\C. The van der Waals surface area contributed by atoms with E-state index in [9.17, 15) is 4.79 Å². The highest BCUT2D eigenvalue weighted by molar-refractivity contribution is 5.70. The van der Waals surface area contributed by atoms with Crippen LogP contribution < -0.4 is 10.6 Å². The predicted octanol–water partition coefficient (Wildman–Crippen LogP) is 1.03. The third-order valence-electron chi connectivity index (χ3n) is 2.11. The highest BCUT2D eigenvalue weighted by Crippen LogP contribution is 1.92. The number of carboxylic acid groups (broad SMARTS) is 1. The van der Waals surface area contributed by atoms with Crippen LogP contribution in [0.4, 0.5) is 0 Å². The van der Waals surface area contributed by atoms with Crippen LogP contribution in [0.5, 0.6) is 0 Å². The van der Waals surface area contributed by atoms with Crippen LogP contribution in [-0.2, 0) is 11.2 Å². The maximum absolute atomic E-state index is 10.6. The van der Waals surface area contributed by atoms with Gasteiger partial charge in [0.25, 0.3) is 0 Å². The van der Waals surface area contributed by atoms with Crippen molar-refractivity contribution < 1.29 is 9.90 Å². The number of aromatic nitrogens is 1. The van der Waals surface area contributed by atoms with Crippen molar-refractivity contribution >= 4 is 18.1 Å². The van der Waals surface area contributed by atoms with E-state index in [-0.39, 0.29) is 6.42 Å². The van der Waals surface area contributed by atoms with E-state index in [1.54, 1.807) is 18.3 Å². The van der Waals surface area contributed by atoms with E-state index in [0.29, 0.717) is 5.56 Å². The fourth-order valence-electron chi connectivity index (χ4n) is 1.39. The second-order valence-electron chi connectivity index (χ2n) is 3.48. The molecule has 0 aromatic carbocycles. The summed E-state index contributed by atoms with van der Waals surface area (Å²) in [5.74, 6) is -0.857. The van der Waals surface area contributed by atoms with Gasteiger partial charge in [0.15, 0.2) is 0 Å². The zero-order valence-electron chi connectivity index (χ0n) is 9.76. The van der Waals surface area contributed by atoms with Gasteiger partial charge in [0.1, 0.15) is 0 Å². The van der Waals surface area contributed by atoms with Crippen LogP contribution in [0.15, 0.2) is 37.1 Å². The maximum atomic E-state index is 10.6.